The zero-order chi connectivity index (χ0) is 13.1. The van der Waals surface area contributed by atoms with Crippen LogP contribution in [0.3, 0.4) is 0 Å². The highest BCUT2D eigenvalue weighted by atomic mass is 19.1. The minimum Gasteiger partial charge on any atom is -0.370 e. The Morgan fingerprint density at radius 2 is 2.11 bits per heavy atom. The molecule has 2 heterocycles. The molecule has 2 saturated heterocycles. The molecule has 0 bridgehead atoms. The summed E-state index contributed by atoms with van der Waals surface area (Å²) >= 11 is 0. The number of hydrogen-bond donors (Lipinski definition) is 1. The Kier molecular flexibility index (Phi) is 3.99. The molecule has 1 N–H and O–H groups in total. The quantitative estimate of drug-likeness (QED) is 0.876. The van der Waals surface area contributed by atoms with Gasteiger partial charge in [-0.15, -0.1) is 0 Å². The molecule has 4 heteroatoms. The summed E-state index contributed by atoms with van der Waals surface area (Å²) in [5.41, 5.74) is 1.02. The molecule has 1 atom stereocenters. The minimum absolute atomic E-state index is 0.139. The van der Waals surface area contributed by atoms with Crippen molar-refractivity contribution in [1.82, 2.24) is 10.2 Å². The third kappa shape index (κ3) is 3.07. The zero-order valence-electron chi connectivity index (χ0n) is 11.3. The summed E-state index contributed by atoms with van der Waals surface area (Å²) in [6.07, 6.45) is 2.42. The van der Waals surface area contributed by atoms with Crippen LogP contribution < -0.4 is 10.2 Å². The molecule has 0 spiro atoms. The molecule has 1 unspecified atom stereocenters. The maximum absolute atomic E-state index is 13.3. The smallest absolute Gasteiger partial charge is 0.125 e. The van der Waals surface area contributed by atoms with E-state index in [9.17, 15) is 4.39 Å². The summed E-state index contributed by atoms with van der Waals surface area (Å²) in [6.45, 7) is 6.63. The summed E-state index contributed by atoms with van der Waals surface area (Å²) in [5, 5.41) is 3.45. The molecule has 3 rings (SSSR count). The third-order valence-electron chi connectivity index (χ3n) is 4.23. The fourth-order valence-electron chi connectivity index (χ4n) is 3.18. The summed E-state index contributed by atoms with van der Waals surface area (Å²) in [4.78, 5) is 4.91. The van der Waals surface area contributed by atoms with E-state index in [1.54, 1.807) is 12.1 Å². The van der Waals surface area contributed by atoms with Gasteiger partial charge in [0.25, 0.3) is 0 Å². The number of anilines is 1. The van der Waals surface area contributed by atoms with Crippen LogP contribution in [0.25, 0.3) is 0 Å². The van der Waals surface area contributed by atoms with Crippen molar-refractivity contribution in [3.8, 4) is 0 Å². The van der Waals surface area contributed by atoms with Gasteiger partial charge in [-0.1, -0.05) is 6.07 Å². The molecule has 19 heavy (non-hydrogen) atoms. The Bertz CT molecular complexity index is 416. The van der Waals surface area contributed by atoms with Gasteiger partial charge in [-0.2, -0.15) is 0 Å². The predicted molar refractivity (Wildman–Crippen MR) is 76.1 cm³/mol. The Morgan fingerprint density at radius 1 is 1.16 bits per heavy atom. The largest absolute Gasteiger partial charge is 0.370 e. The first-order chi connectivity index (χ1) is 9.33. The molecule has 0 aromatic heterocycles. The summed E-state index contributed by atoms with van der Waals surface area (Å²) in [5.74, 6) is -0.139. The first kappa shape index (κ1) is 12.9. The molecular weight excluding hydrogens is 241 g/mol. The molecule has 2 aliphatic rings. The van der Waals surface area contributed by atoms with Gasteiger partial charge in [0.15, 0.2) is 0 Å². The molecule has 2 aliphatic heterocycles. The van der Waals surface area contributed by atoms with Gasteiger partial charge in [0, 0.05) is 37.9 Å². The van der Waals surface area contributed by atoms with Crippen LogP contribution in [0, 0.1) is 5.82 Å². The normalized spacial score (nSPS) is 25.5. The maximum Gasteiger partial charge on any atom is 0.125 e. The van der Waals surface area contributed by atoms with Crippen molar-refractivity contribution in [2.45, 2.75) is 18.9 Å². The van der Waals surface area contributed by atoms with Crippen LogP contribution in [0.4, 0.5) is 10.1 Å². The number of rotatable bonds is 2. The average molecular weight is 263 g/mol. The Labute approximate surface area is 114 Å². The first-order valence-corrected chi connectivity index (χ1v) is 7.28. The van der Waals surface area contributed by atoms with Crippen LogP contribution in [0.2, 0.25) is 0 Å². The Balaban J connectivity index is 1.63. The van der Waals surface area contributed by atoms with Crippen LogP contribution >= 0.6 is 0 Å². The molecule has 1 aromatic rings. The number of nitrogens with zero attached hydrogens (tertiary/aromatic N) is 2. The Morgan fingerprint density at radius 3 is 3.00 bits per heavy atom. The fraction of sp³-hybridized carbons (Fsp3) is 0.600. The molecule has 0 saturated carbocycles. The molecular formula is C15H22FN3. The van der Waals surface area contributed by atoms with Crippen LogP contribution in [0.5, 0.6) is 0 Å². The monoisotopic (exact) mass is 263 g/mol. The van der Waals surface area contributed by atoms with Crippen LogP contribution in [-0.2, 0) is 0 Å². The van der Waals surface area contributed by atoms with E-state index >= 15 is 0 Å². The van der Waals surface area contributed by atoms with Crippen molar-refractivity contribution >= 4 is 5.69 Å². The SMILES string of the molecule is Fc1cccc(N2CCC(N3CCCNCC3)C2)c1. The lowest BCUT2D eigenvalue weighted by atomic mass is 10.2. The average Bonchev–Trinajstić information content (AvgIpc) is 2.75. The number of hydrogen-bond acceptors (Lipinski definition) is 3. The zero-order valence-corrected chi connectivity index (χ0v) is 11.3. The number of benzene rings is 1. The molecule has 2 fully saturated rings. The molecule has 0 aliphatic carbocycles. The standard InChI is InChI=1S/C15H22FN3/c16-13-3-1-4-14(11-13)19-9-5-15(12-19)18-8-2-6-17-7-10-18/h1,3-4,11,15,17H,2,5-10,12H2. The van der Waals surface area contributed by atoms with Gasteiger partial charge >= 0.3 is 0 Å². The van der Waals surface area contributed by atoms with Gasteiger partial charge in [-0.3, -0.25) is 4.90 Å². The number of halogens is 1. The lowest BCUT2D eigenvalue weighted by Crippen LogP contribution is -2.39. The summed E-state index contributed by atoms with van der Waals surface area (Å²) < 4.78 is 13.3. The van der Waals surface area contributed by atoms with Gasteiger partial charge in [-0.25, -0.2) is 4.39 Å². The van der Waals surface area contributed by atoms with E-state index in [1.165, 1.54) is 25.5 Å². The van der Waals surface area contributed by atoms with Crippen LogP contribution in [0.1, 0.15) is 12.8 Å². The highest BCUT2D eigenvalue weighted by molar-refractivity contribution is 5.47. The molecule has 104 valence electrons. The third-order valence-corrected chi connectivity index (χ3v) is 4.23. The molecule has 0 radical (unpaired) electrons. The van der Waals surface area contributed by atoms with Crippen LogP contribution in [0.15, 0.2) is 24.3 Å². The highest BCUT2D eigenvalue weighted by Crippen LogP contribution is 2.23. The molecule has 0 amide bonds. The van der Waals surface area contributed by atoms with E-state index in [0.29, 0.717) is 6.04 Å². The minimum atomic E-state index is -0.139. The van der Waals surface area contributed by atoms with E-state index in [-0.39, 0.29) is 5.82 Å². The van der Waals surface area contributed by atoms with E-state index in [4.69, 9.17) is 0 Å². The van der Waals surface area contributed by atoms with Crippen molar-refractivity contribution in [3.63, 3.8) is 0 Å². The van der Waals surface area contributed by atoms with Crippen molar-refractivity contribution in [3.05, 3.63) is 30.1 Å². The summed E-state index contributed by atoms with van der Waals surface area (Å²) in [7, 11) is 0. The molecule has 1 aromatic carbocycles. The van der Waals surface area contributed by atoms with Crippen molar-refractivity contribution in [2.24, 2.45) is 0 Å². The second-order valence-corrected chi connectivity index (χ2v) is 5.51. The van der Waals surface area contributed by atoms with Gasteiger partial charge in [0.1, 0.15) is 5.82 Å². The van der Waals surface area contributed by atoms with Gasteiger partial charge in [0.2, 0.25) is 0 Å². The second-order valence-electron chi connectivity index (χ2n) is 5.51. The van der Waals surface area contributed by atoms with Crippen LogP contribution in [-0.4, -0.2) is 50.2 Å². The predicted octanol–water partition coefficient (Wildman–Crippen LogP) is 1.70. The maximum atomic E-state index is 13.3. The first-order valence-electron chi connectivity index (χ1n) is 7.28. The lowest BCUT2D eigenvalue weighted by Gasteiger charge is -2.27. The van der Waals surface area contributed by atoms with E-state index < -0.39 is 0 Å². The van der Waals surface area contributed by atoms with E-state index in [1.807, 2.05) is 6.07 Å². The second kappa shape index (κ2) is 5.88. The Hall–Kier alpha value is -1.13. The van der Waals surface area contributed by atoms with Crippen molar-refractivity contribution in [1.29, 1.82) is 0 Å². The summed E-state index contributed by atoms with van der Waals surface area (Å²) in [6, 6.07) is 7.59. The van der Waals surface area contributed by atoms with Gasteiger partial charge < -0.3 is 10.2 Å². The van der Waals surface area contributed by atoms with Crippen molar-refractivity contribution < 1.29 is 4.39 Å². The lowest BCUT2D eigenvalue weighted by molar-refractivity contribution is 0.224. The fourth-order valence-corrected chi connectivity index (χ4v) is 3.18. The highest BCUT2D eigenvalue weighted by Gasteiger charge is 2.28. The number of nitrogens with one attached hydrogen (secondary N) is 1. The molecule has 3 nitrogen and oxygen atoms in total. The topological polar surface area (TPSA) is 18.5 Å². The van der Waals surface area contributed by atoms with E-state index in [0.717, 1.165) is 38.4 Å². The van der Waals surface area contributed by atoms with Gasteiger partial charge in [-0.05, 0) is 44.1 Å². The van der Waals surface area contributed by atoms with Gasteiger partial charge in [0.05, 0.1) is 0 Å². The van der Waals surface area contributed by atoms with Crippen molar-refractivity contribution in [2.75, 3.05) is 44.2 Å². The van der Waals surface area contributed by atoms with E-state index in [2.05, 4.69) is 15.1 Å².